The molecule has 3 N–H and O–H groups in total. The van der Waals surface area contributed by atoms with Gasteiger partial charge in [0.15, 0.2) is 0 Å². The maximum absolute atomic E-state index is 11.9. The average Bonchev–Trinajstić information content (AvgIpc) is 2.85. The van der Waals surface area contributed by atoms with Crippen LogP contribution in [0, 0.1) is 11.8 Å². The van der Waals surface area contributed by atoms with E-state index >= 15 is 0 Å². The smallest absolute Gasteiger partial charge is 0.222 e. The van der Waals surface area contributed by atoms with Crippen molar-refractivity contribution in [2.75, 3.05) is 26.7 Å². The molecule has 1 rings (SSSR count). The highest BCUT2D eigenvalue weighted by molar-refractivity contribution is 5.75. The van der Waals surface area contributed by atoms with E-state index in [1.54, 1.807) is 0 Å². The maximum atomic E-state index is 11.9. The molecule has 0 aromatic heterocycles. The first kappa shape index (κ1) is 15.4. The first-order valence-corrected chi connectivity index (χ1v) is 7.21. The van der Waals surface area contributed by atoms with Crippen molar-refractivity contribution >= 4 is 5.91 Å². The van der Waals surface area contributed by atoms with E-state index in [1.165, 1.54) is 6.42 Å². The topological polar surface area (TPSA) is 58.4 Å². The highest BCUT2D eigenvalue weighted by Crippen LogP contribution is 2.15. The zero-order valence-corrected chi connectivity index (χ0v) is 12.1. The third-order valence-electron chi connectivity index (χ3n) is 4.01. The first-order valence-electron chi connectivity index (χ1n) is 7.21. The van der Waals surface area contributed by atoms with E-state index in [1.807, 2.05) is 11.9 Å². The predicted octanol–water partition coefficient (Wildman–Crippen LogP) is 1.21. The van der Waals surface area contributed by atoms with E-state index in [0.717, 1.165) is 32.5 Å². The molecule has 18 heavy (non-hydrogen) atoms. The molecular weight excluding hydrogens is 226 g/mol. The van der Waals surface area contributed by atoms with Gasteiger partial charge >= 0.3 is 0 Å². The molecule has 0 radical (unpaired) electrons. The maximum Gasteiger partial charge on any atom is 0.222 e. The molecule has 4 nitrogen and oxygen atoms in total. The monoisotopic (exact) mass is 255 g/mol. The lowest BCUT2D eigenvalue weighted by atomic mass is 10.0. The molecule has 1 fully saturated rings. The van der Waals surface area contributed by atoms with Crippen molar-refractivity contribution < 1.29 is 4.79 Å². The van der Waals surface area contributed by atoms with Crippen molar-refractivity contribution in [3.8, 4) is 0 Å². The summed E-state index contributed by atoms with van der Waals surface area (Å²) in [5, 5.41) is 3.34. The molecule has 1 aliphatic rings. The number of nitrogens with zero attached hydrogens (tertiary/aromatic N) is 1. The fourth-order valence-electron chi connectivity index (χ4n) is 2.28. The van der Waals surface area contributed by atoms with Gasteiger partial charge in [0.25, 0.3) is 0 Å². The lowest BCUT2D eigenvalue weighted by Gasteiger charge is -2.22. The Kier molecular flexibility index (Phi) is 6.65. The third-order valence-corrected chi connectivity index (χ3v) is 4.01. The van der Waals surface area contributed by atoms with Crippen molar-refractivity contribution in [2.45, 2.75) is 45.6 Å². The van der Waals surface area contributed by atoms with Crippen LogP contribution in [-0.2, 0) is 4.79 Å². The fourth-order valence-corrected chi connectivity index (χ4v) is 2.28. The van der Waals surface area contributed by atoms with Gasteiger partial charge in [-0.1, -0.05) is 13.8 Å². The Labute approximate surface area is 111 Å². The second-order valence-corrected chi connectivity index (χ2v) is 5.91. The van der Waals surface area contributed by atoms with E-state index in [4.69, 9.17) is 5.73 Å². The number of carbonyl (C=O) groups is 1. The van der Waals surface area contributed by atoms with Crippen molar-refractivity contribution in [1.29, 1.82) is 0 Å². The Bertz CT molecular complexity index is 249. The van der Waals surface area contributed by atoms with Crippen molar-refractivity contribution in [1.82, 2.24) is 10.2 Å². The largest absolute Gasteiger partial charge is 0.346 e. The molecule has 4 heteroatoms. The summed E-state index contributed by atoms with van der Waals surface area (Å²) in [6, 6.07) is 0.194. The van der Waals surface area contributed by atoms with Crippen LogP contribution in [0.25, 0.3) is 0 Å². The average molecular weight is 255 g/mol. The SMILES string of the molecule is CC(C)C(N)CCN(C)C(=O)CCC1CCNC1. The Morgan fingerprint density at radius 2 is 2.22 bits per heavy atom. The third kappa shape index (κ3) is 5.36. The van der Waals surface area contributed by atoms with Gasteiger partial charge in [-0.05, 0) is 44.2 Å². The molecule has 0 spiro atoms. The van der Waals surface area contributed by atoms with Crippen LogP contribution in [0.2, 0.25) is 0 Å². The van der Waals surface area contributed by atoms with Gasteiger partial charge in [-0.25, -0.2) is 0 Å². The van der Waals surface area contributed by atoms with E-state index < -0.39 is 0 Å². The molecule has 1 saturated heterocycles. The zero-order chi connectivity index (χ0) is 13.5. The Morgan fingerprint density at radius 1 is 1.50 bits per heavy atom. The molecule has 2 unspecified atom stereocenters. The summed E-state index contributed by atoms with van der Waals surface area (Å²) in [5.41, 5.74) is 5.99. The van der Waals surface area contributed by atoms with Crippen LogP contribution in [0.1, 0.15) is 39.5 Å². The van der Waals surface area contributed by atoms with Gasteiger partial charge in [-0.3, -0.25) is 4.79 Å². The highest BCUT2D eigenvalue weighted by atomic mass is 16.2. The van der Waals surface area contributed by atoms with Crippen LogP contribution >= 0.6 is 0 Å². The number of rotatable bonds is 7. The van der Waals surface area contributed by atoms with E-state index in [2.05, 4.69) is 19.2 Å². The Morgan fingerprint density at radius 3 is 2.78 bits per heavy atom. The molecule has 2 atom stereocenters. The number of nitrogens with one attached hydrogen (secondary N) is 1. The van der Waals surface area contributed by atoms with E-state index in [9.17, 15) is 4.79 Å². The summed E-state index contributed by atoms with van der Waals surface area (Å²) in [5.74, 6) is 1.44. The van der Waals surface area contributed by atoms with Crippen molar-refractivity contribution in [2.24, 2.45) is 17.6 Å². The minimum Gasteiger partial charge on any atom is -0.346 e. The van der Waals surface area contributed by atoms with Crippen molar-refractivity contribution in [3.63, 3.8) is 0 Å². The molecule has 1 heterocycles. The molecule has 0 aromatic rings. The molecule has 0 aromatic carbocycles. The lowest BCUT2D eigenvalue weighted by molar-refractivity contribution is -0.130. The van der Waals surface area contributed by atoms with Gasteiger partial charge in [0.1, 0.15) is 0 Å². The van der Waals surface area contributed by atoms with E-state index in [0.29, 0.717) is 18.3 Å². The quantitative estimate of drug-likeness (QED) is 0.719. The number of nitrogens with two attached hydrogens (primary N) is 1. The standard InChI is InChI=1S/C14H29N3O/c1-11(2)13(15)7-9-17(3)14(18)5-4-12-6-8-16-10-12/h11-13,16H,4-10,15H2,1-3H3. The molecule has 0 bridgehead atoms. The molecule has 106 valence electrons. The summed E-state index contributed by atoms with van der Waals surface area (Å²) >= 11 is 0. The van der Waals surface area contributed by atoms with Gasteiger partial charge in [0.2, 0.25) is 5.91 Å². The van der Waals surface area contributed by atoms with Gasteiger partial charge in [0, 0.05) is 26.1 Å². The van der Waals surface area contributed by atoms with Gasteiger partial charge in [-0.2, -0.15) is 0 Å². The second-order valence-electron chi connectivity index (χ2n) is 5.91. The number of carbonyl (C=O) groups excluding carboxylic acids is 1. The zero-order valence-electron chi connectivity index (χ0n) is 12.1. The summed E-state index contributed by atoms with van der Waals surface area (Å²) in [6.45, 7) is 7.22. The Hall–Kier alpha value is -0.610. The Balaban J connectivity index is 2.15. The summed E-state index contributed by atoms with van der Waals surface area (Å²) in [6.07, 6.45) is 3.81. The number of amides is 1. The van der Waals surface area contributed by atoms with Crippen LogP contribution in [0.3, 0.4) is 0 Å². The molecule has 0 aliphatic carbocycles. The minimum absolute atomic E-state index is 0.194. The van der Waals surface area contributed by atoms with Crippen LogP contribution in [-0.4, -0.2) is 43.5 Å². The van der Waals surface area contributed by atoms with Crippen LogP contribution in [0.5, 0.6) is 0 Å². The normalized spacial score (nSPS) is 21.3. The summed E-state index contributed by atoms with van der Waals surface area (Å²) in [7, 11) is 1.89. The summed E-state index contributed by atoms with van der Waals surface area (Å²) in [4.78, 5) is 13.8. The second kappa shape index (κ2) is 7.74. The van der Waals surface area contributed by atoms with Gasteiger partial charge in [0.05, 0.1) is 0 Å². The lowest BCUT2D eigenvalue weighted by Crippen LogP contribution is -2.34. The number of hydrogen-bond donors (Lipinski definition) is 2. The molecule has 0 saturated carbocycles. The van der Waals surface area contributed by atoms with E-state index in [-0.39, 0.29) is 11.9 Å². The number of hydrogen-bond acceptors (Lipinski definition) is 3. The van der Waals surface area contributed by atoms with Gasteiger partial charge in [-0.15, -0.1) is 0 Å². The van der Waals surface area contributed by atoms with Crippen molar-refractivity contribution in [3.05, 3.63) is 0 Å². The molecule has 1 amide bonds. The summed E-state index contributed by atoms with van der Waals surface area (Å²) < 4.78 is 0. The highest BCUT2D eigenvalue weighted by Gasteiger charge is 2.17. The van der Waals surface area contributed by atoms with Crippen LogP contribution in [0.4, 0.5) is 0 Å². The van der Waals surface area contributed by atoms with Crippen LogP contribution in [0.15, 0.2) is 0 Å². The molecule has 1 aliphatic heterocycles. The van der Waals surface area contributed by atoms with Gasteiger partial charge < -0.3 is 16.0 Å². The first-order chi connectivity index (χ1) is 8.50. The van der Waals surface area contributed by atoms with Crippen LogP contribution < -0.4 is 11.1 Å². The molecular formula is C14H29N3O. The predicted molar refractivity (Wildman–Crippen MR) is 75.3 cm³/mol. The minimum atomic E-state index is 0.194. The fraction of sp³-hybridized carbons (Fsp3) is 0.929.